The molecular weight excluding hydrogens is 252 g/mol. The molecule has 0 atom stereocenters. The molecule has 0 N–H and O–H groups in total. The zero-order chi connectivity index (χ0) is 11.1. The van der Waals surface area contributed by atoms with Gasteiger partial charge in [-0.05, 0) is 44.6 Å². The monoisotopic (exact) mass is 270 g/mol. The van der Waals surface area contributed by atoms with E-state index in [0.717, 1.165) is 11.9 Å². The summed E-state index contributed by atoms with van der Waals surface area (Å²) in [7, 11) is 0. The van der Waals surface area contributed by atoms with Crippen molar-refractivity contribution in [2.75, 3.05) is 5.33 Å². The number of aryl methyl sites for hydroxylation is 1. The van der Waals surface area contributed by atoms with E-state index in [4.69, 9.17) is 0 Å². The molecule has 0 aliphatic heterocycles. The van der Waals surface area contributed by atoms with E-state index in [2.05, 4.69) is 46.5 Å². The number of hydrogen-bond donors (Lipinski definition) is 0. The van der Waals surface area contributed by atoms with Gasteiger partial charge in [-0.2, -0.15) is 5.10 Å². The molecule has 84 valence electrons. The Balaban J connectivity index is 2.20. The van der Waals surface area contributed by atoms with E-state index in [1.165, 1.54) is 36.2 Å². The normalized spacial score (nSPS) is 18.9. The number of aromatic nitrogens is 2. The van der Waals surface area contributed by atoms with E-state index in [0.29, 0.717) is 5.41 Å². The fraction of sp³-hybridized carbons (Fsp3) is 0.750. The molecule has 1 fully saturated rings. The maximum atomic E-state index is 4.62. The van der Waals surface area contributed by atoms with Crippen LogP contribution in [0.2, 0.25) is 0 Å². The Morgan fingerprint density at radius 3 is 2.33 bits per heavy atom. The largest absolute Gasteiger partial charge is 0.269 e. The van der Waals surface area contributed by atoms with E-state index in [1.54, 1.807) is 0 Å². The van der Waals surface area contributed by atoms with Crippen LogP contribution >= 0.6 is 15.9 Å². The molecule has 0 unspecified atom stereocenters. The molecule has 2 nitrogen and oxygen atoms in total. The van der Waals surface area contributed by atoms with E-state index < -0.39 is 0 Å². The average Bonchev–Trinajstić information content (AvgIpc) is 2.40. The summed E-state index contributed by atoms with van der Waals surface area (Å²) in [5.74, 6) is 0. The van der Waals surface area contributed by atoms with Crippen molar-refractivity contribution in [3.8, 4) is 0 Å². The van der Waals surface area contributed by atoms with E-state index in [9.17, 15) is 0 Å². The van der Waals surface area contributed by atoms with Gasteiger partial charge in [-0.3, -0.25) is 4.68 Å². The summed E-state index contributed by atoms with van der Waals surface area (Å²) in [6.07, 6.45) is 4.06. The van der Waals surface area contributed by atoms with Crippen molar-refractivity contribution in [3.63, 3.8) is 0 Å². The van der Waals surface area contributed by atoms with Crippen molar-refractivity contribution in [1.82, 2.24) is 9.78 Å². The van der Waals surface area contributed by atoms with E-state index in [-0.39, 0.29) is 0 Å². The number of nitrogens with zero attached hydrogens (tertiary/aromatic N) is 2. The predicted molar refractivity (Wildman–Crippen MR) is 66.5 cm³/mol. The van der Waals surface area contributed by atoms with Crippen LogP contribution in [-0.2, 0) is 6.54 Å². The fourth-order valence-electron chi connectivity index (χ4n) is 2.27. The average molecular weight is 271 g/mol. The summed E-state index contributed by atoms with van der Waals surface area (Å²) in [5, 5.41) is 5.73. The van der Waals surface area contributed by atoms with Crippen LogP contribution in [0.4, 0.5) is 0 Å². The van der Waals surface area contributed by atoms with Gasteiger partial charge in [0.05, 0.1) is 5.69 Å². The molecule has 1 aromatic rings. The lowest BCUT2D eigenvalue weighted by Gasteiger charge is -2.40. The van der Waals surface area contributed by atoms with Crippen LogP contribution < -0.4 is 0 Å². The van der Waals surface area contributed by atoms with Gasteiger partial charge in [0.15, 0.2) is 0 Å². The third-order valence-electron chi connectivity index (χ3n) is 3.93. The van der Waals surface area contributed by atoms with E-state index >= 15 is 0 Å². The van der Waals surface area contributed by atoms with Crippen LogP contribution in [0, 0.1) is 26.2 Å². The van der Waals surface area contributed by atoms with E-state index in [1.807, 2.05) is 0 Å². The van der Waals surface area contributed by atoms with Crippen LogP contribution in [0.15, 0.2) is 0 Å². The van der Waals surface area contributed by atoms with Crippen LogP contribution in [-0.4, -0.2) is 15.1 Å². The molecule has 1 aliphatic rings. The van der Waals surface area contributed by atoms with Crippen molar-refractivity contribution in [2.24, 2.45) is 5.41 Å². The second-order valence-electron chi connectivity index (χ2n) is 4.94. The lowest BCUT2D eigenvalue weighted by molar-refractivity contribution is 0.132. The first-order valence-electron chi connectivity index (χ1n) is 5.64. The van der Waals surface area contributed by atoms with Gasteiger partial charge in [-0.25, -0.2) is 0 Å². The Bertz CT molecular complexity index is 358. The molecular formula is C12H19BrN2. The van der Waals surface area contributed by atoms with Gasteiger partial charge in [-0.15, -0.1) is 0 Å². The highest BCUT2D eigenvalue weighted by molar-refractivity contribution is 9.09. The molecule has 0 bridgehead atoms. The highest BCUT2D eigenvalue weighted by Crippen LogP contribution is 2.43. The predicted octanol–water partition coefficient (Wildman–Crippen LogP) is 3.37. The zero-order valence-electron chi connectivity index (χ0n) is 9.81. The fourth-order valence-corrected chi connectivity index (χ4v) is 3.01. The van der Waals surface area contributed by atoms with Crippen molar-refractivity contribution >= 4 is 15.9 Å². The number of hydrogen-bond acceptors (Lipinski definition) is 1. The van der Waals surface area contributed by atoms with Gasteiger partial charge >= 0.3 is 0 Å². The minimum atomic E-state index is 0.482. The maximum absolute atomic E-state index is 4.62. The second kappa shape index (κ2) is 3.93. The van der Waals surface area contributed by atoms with Crippen LogP contribution in [0.3, 0.4) is 0 Å². The smallest absolute Gasteiger partial charge is 0.0625 e. The molecule has 15 heavy (non-hydrogen) atoms. The van der Waals surface area contributed by atoms with Crippen molar-refractivity contribution in [1.29, 1.82) is 0 Å². The highest BCUT2D eigenvalue weighted by Gasteiger charge is 2.36. The molecule has 1 aromatic heterocycles. The quantitative estimate of drug-likeness (QED) is 0.771. The lowest BCUT2D eigenvalue weighted by atomic mass is 9.70. The van der Waals surface area contributed by atoms with Crippen LogP contribution in [0.25, 0.3) is 0 Å². The molecule has 1 saturated carbocycles. The number of rotatable bonds is 3. The minimum absolute atomic E-state index is 0.482. The first kappa shape index (κ1) is 11.2. The van der Waals surface area contributed by atoms with Crippen LogP contribution in [0.1, 0.15) is 36.2 Å². The van der Waals surface area contributed by atoms with Gasteiger partial charge in [-0.1, -0.05) is 22.4 Å². The molecule has 0 aromatic carbocycles. The van der Waals surface area contributed by atoms with Crippen molar-refractivity contribution < 1.29 is 0 Å². The summed E-state index contributed by atoms with van der Waals surface area (Å²) in [6, 6.07) is 0. The molecule has 0 saturated heterocycles. The first-order valence-corrected chi connectivity index (χ1v) is 6.77. The molecule has 2 rings (SSSR count). The number of alkyl halides is 1. The summed E-state index contributed by atoms with van der Waals surface area (Å²) in [4.78, 5) is 0. The molecule has 0 spiro atoms. The van der Waals surface area contributed by atoms with Crippen molar-refractivity contribution in [2.45, 2.75) is 46.6 Å². The summed E-state index contributed by atoms with van der Waals surface area (Å²) in [5.41, 5.74) is 4.34. The van der Waals surface area contributed by atoms with Gasteiger partial charge in [0, 0.05) is 17.6 Å². The van der Waals surface area contributed by atoms with Crippen LogP contribution in [0.5, 0.6) is 0 Å². The molecule has 3 heteroatoms. The second-order valence-corrected chi connectivity index (χ2v) is 5.50. The number of halogens is 1. The molecule has 1 heterocycles. The molecule has 0 radical (unpaired) electrons. The standard InChI is InChI=1S/C12H19BrN2/c1-9-10(2)14-15(11(9)3)8-12(7-13)5-4-6-12/h4-8H2,1-3H3. The molecule has 1 aliphatic carbocycles. The Hall–Kier alpha value is -0.310. The zero-order valence-corrected chi connectivity index (χ0v) is 11.4. The summed E-state index contributed by atoms with van der Waals surface area (Å²) in [6.45, 7) is 7.52. The Labute approximate surface area is 100 Å². The van der Waals surface area contributed by atoms with Gasteiger partial charge in [0.1, 0.15) is 0 Å². The third kappa shape index (κ3) is 1.86. The first-order chi connectivity index (χ1) is 7.08. The molecule has 0 amide bonds. The summed E-state index contributed by atoms with van der Waals surface area (Å²) < 4.78 is 2.20. The third-order valence-corrected chi connectivity index (χ3v) is 5.12. The van der Waals surface area contributed by atoms with Gasteiger partial charge in [0.25, 0.3) is 0 Å². The SMILES string of the molecule is Cc1nn(CC2(CBr)CCC2)c(C)c1C. The van der Waals surface area contributed by atoms with Crippen molar-refractivity contribution in [3.05, 3.63) is 17.0 Å². The Kier molecular flexibility index (Phi) is 2.93. The lowest BCUT2D eigenvalue weighted by Crippen LogP contribution is -2.36. The Morgan fingerprint density at radius 1 is 1.33 bits per heavy atom. The topological polar surface area (TPSA) is 17.8 Å². The summed E-state index contributed by atoms with van der Waals surface area (Å²) >= 11 is 3.65. The highest BCUT2D eigenvalue weighted by atomic mass is 79.9. The Morgan fingerprint density at radius 2 is 2.00 bits per heavy atom. The maximum Gasteiger partial charge on any atom is 0.0625 e. The van der Waals surface area contributed by atoms with Gasteiger partial charge < -0.3 is 0 Å². The minimum Gasteiger partial charge on any atom is -0.269 e. The van der Waals surface area contributed by atoms with Gasteiger partial charge in [0.2, 0.25) is 0 Å².